The van der Waals surface area contributed by atoms with E-state index in [1.165, 1.54) is 18.7 Å². The van der Waals surface area contributed by atoms with Crippen LogP contribution < -0.4 is 0 Å². The number of hydrogen-bond donors (Lipinski definition) is 0. The first-order chi connectivity index (χ1) is 4.16. The molecule has 0 aromatic rings. The molecule has 2 nitrogen and oxygen atoms in total. The number of carbonyl (C=O) groups excluding carboxylic acids is 1. The highest BCUT2D eigenvalue weighted by molar-refractivity contribution is 8.00. The number of nitrogens with zero attached hydrogens (tertiary/aromatic N) is 1. The summed E-state index contributed by atoms with van der Waals surface area (Å²) >= 11 is 1.37. The zero-order chi connectivity index (χ0) is 7.28. The van der Waals surface area contributed by atoms with E-state index in [9.17, 15) is 4.79 Å². The summed E-state index contributed by atoms with van der Waals surface area (Å²) in [6, 6.07) is 2.03. The number of rotatable bonds is 3. The molecule has 1 atom stereocenters. The lowest BCUT2D eigenvalue weighted by Crippen LogP contribution is -1.99. The monoisotopic (exact) mass is 143 g/mol. The van der Waals surface area contributed by atoms with Gasteiger partial charge in [-0.1, -0.05) is 0 Å². The fourth-order valence-electron chi connectivity index (χ4n) is 0.280. The summed E-state index contributed by atoms with van der Waals surface area (Å²) in [5, 5.41) is 8.20. The Hall–Kier alpha value is -0.490. The molecule has 0 aliphatic rings. The first-order valence-corrected chi connectivity index (χ1v) is 3.72. The quantitative estimate of drug-likeness (QED) is 0.596. The average molecular weight is 143 g/mol. The van der Waals surface area contributed by atoms with Gasteiger partial charge in [0.15, 0.2) is 0 Å². The van der Waals surface area contributed by atoms with Crippen LogP contribution in [0, 0.1) is 11.3 Å². The minimum absolute atomic E-state index is 0.0612. The molecule has 0 rings (SSSR count). The Labute approximate surface area is 59.2 Å². The van der Waals surface area contributed by atoms with Crippen molar-refractivity contribution in [3.63, 3.8) is 0 Å². The molecule has 0 aromatic heterocycles. The van der Waals surface area contributed by atoms with E-state index in [0.717, 1.165) is 0 Å². The molecule has 0 heterocycles. The van der Waals surface area contributed by atoms with Crippen LogP contribution in [0.15, 0.2) is 0 Å². The normalized spacial score (nSPS) is 12.1. The van der Waals surface area contributed by atoms with Gasteiger partial charge in [0.2, 0.25) is 0 Å². The molecule has 9 heavy (non-hydrogen) atoms. The molecule has 3 heteroatoms. The van der Waals surface area contributed by atoms with Crippen molar-refractivity contribution in [1.82, 2.24) is 0 Å². The lowest BCUT2D eigenvalue weighted by Gasteiger charge is -1.96. The third kappa shape index (κ3) is 5.38. The van der Waals surface area contributed by atoms with Crippen LogP contribution in [0.1, 0.15) is 13.8 Å². The summed E-state index contributed by atoms with van der Waals surface area (Å²) in [4.78, 5) is 10.3. The van der Waals surface area contributed by atoms with Crippen LogP contribution in [0.25, 0.3) is 0 Å². The van der Waals surface area contributed by atoms with Crippen LogP contribution in [0.2, 0.25) is 0 Å². The number of nitriles is 1. The van der Waals surface area contributed by atoms with Gasteiger partial charge < -0.3 is 0 Å². The van der Waals surface area contributed by atoms with Gasteiger partial charge in [0.05, 0.1) is 17.1 Å². The highest BCUT2D eigenvalue weighted by Crippen LogP contribution is 2.07. The van der Waals surface area contributed by atoms with Gasteiger partial charge >= 0.3 is 0 Å². The molecule has 0 aliphatic heterocycles. The third-order valence-corrected chi connectivity index (χ3v) is 1.90. The van der Waals surface area contributed by atoms with Gasteiger partial charge in [0.1, 0.15) is 5.78 Å². The van der Waals surface area contributed by atoms with Gasteiger partial charge in [-0.25, -0.2) is 0 Å². The summed E-state index contributed by atoms with van der Waals surface area (Å²) in [7, 11) is 0. The molecule has 0 saturated carbocycles. The maximum atomic E-state index is 10.3. The van der Waals surface area contributed by atoms with Gasteiger partial charge in [0, 0.05) is 0 Å². The van der Waals surface area contributed by atoms with Gasteiger partial charge in [-0.2, -0.15) is 5.26 Å². The molecule has 50 valence electrons. The van der Waals surface area contributed by atoms with Crippen LogP contribution in [0.4, 0.5) is 0 Å². The number of carbonyl (C=O) groups is 1. The van der Waals surface area contributed by atoms with Crippen LogP contribution >= 0.6 is 11.8 Å². The van der Waals surface area contributed by atoms with Crippen molar-refractivity contribution >= 4 is 17.5 Å². The summed E-state index contributed by atoms with van der Waals surface area (Å²) in [6.07, 6.45) is 0. The van der Waals surface area contributed by atoms with E-state index >= 15 is 0 Å². The van der Waals surface area contributed by atoms with Gasteiger partial charge in [-0.3, -0.25) is 4.79 Å². The van der Waals surface area contributed by atoms with Crippen LogP contribution in [0.5, 0.6) is 0 Å². The van der Waals surface area contributed by atoms with Crippen molar-refractivity contribution in [1.29, 1.82) is 5.26 Å². The van der Waals surface area contributed by atoms with Crippen molar-refractivity contribution in [2.24, 2.45) is 0 Å². The first kappa shape index (κ1) is 8.51. The van der Waals surface area contributed by atoms with E-state index in [1.807, 2.05) is 6.07 Å². The molecular weight excluding hydrogens is 134 g/mol. The Morgan fingerprint density at radius 2 is 2.44 bits per heavy atom. The predicted octanol–water partition coefficient (Wildman–Crippen LogP) is 1.22. The zero-order valence-electron chi connectivity index (χ0n) is 5.55. The summed E-state index contributed by atoms with van der Waals surface area (Å²) in [5.74, 6) is 0.580. The summed E-state index contributed by atoms with van der Waals surface area (Å²) in [5.41, 5.74) is 0. The van der Waals surface area contributed by atoms with Crippen molar-refractivity contribution in [2.45, 2.75) is 19.1 Å². The predicted molar refractivity (Wildman–Crippen MR) is 38.2 cm³/mol. The first-order valence-electron chi connectivity index (χ1n) is 2.67. The van der Waals surface area contributed by atoms with Crippen molar-refractivity contribution in [3.05, 3.63) is 0 Å². The molecule has 0 N–H and O–H groups in total. The maximum Gasteiger partial charge on any atom is 0.139 e. The lowest BCUT2D eigenvalue weighted by atomic mass is 10.5. The minimum atomic E-state index is -0.0612. The zero-order valence-corrected chi connectivity index (χ0v) is 6.36. The van der Waals surface area contributed by atoms with E-state index < -0.39 is 0 Å². The second-order valence-corrected chi connectivity index (χ2v) is 3.11. The molecular formula is C6H9NOS. The molecule has 0 spiro atoms. The smallest absolute Gasteiger partial charge is 0.139 e. The largest absolute Gasteiger partial charge is 0.299 e. The van der Waals surface area contributed by atoms with Gasteiger partial charge in [0.25, 0.3) is 0 Å². The molecule has 0 saturated heterocycles. The Bertz CT molecular complexity index is 138. The highest BCUT2D eigenvalue weighted by Gasteiger charge is 2.00. The Morgan fingerprint density at radius 3 is 2.78 bits per heavy atom. The lowest BCUT2D eigenvalue weighted by molar-refractivity contribution is -0.114. The molecule has 0 bridgehead atoms. The Balaban J connectivity index is 3.30. The van der Waals surface area contributed by atoms with Crippen LogP contribution in [0.3, 0.4) is 0 Å². The second-order valence-electron chi connectivity index (χ2n) is 1.78. The van der Waals surface area contributed by atoms with E-state index in [4.69, 9.17) is 5.26 Å². The van der Waals surface area contributed by atoms with Crippen molar-refractivity contribution < 1.29 is 4.79 Å². The molecule has 0 aliphatic carbocycles. The van der Waals surface area contributed by atoms with E-state index in [2.05, 4.69) is 0 Å². The molecule has 0 aromatic carbocycles. The van der Waals surface area contributed by atoms with Gasteiger partial charge in [-0.05, 0) is 13.8 Å². The topological polar surface area (TPSA) is 40.9 Å². The Kier molecular flexibility index (Phi) is 4.16. The average Bonchev–Trinajstić information content (AvgIpc) is 1.83. The van der Waals surface area contributed by atoms with Crippen LogP contribution in [-0.4, -0.2) is 16.8 Å². The second kappa shape index (κ2) is 4.39. The third-order valence-electron chi connectivity index (χ3n) is 0.718. The molecule has 0 fully saturated rings. The fourth-order valence-corrected chi connectivity index (χ4v) is 0.839. The highest BCUT2D eigenvalue weighted by atomic mass is 32.2. The number of thioether (sulfide) groups is 1. The van der Waals surface area contributed by atoms with Crippen LogP contribution in [-0.2, 0) is 4.79 Å². The molecule has 0 radical (unpaired) electrons. The van der Waals surface area contributed by atoms with E-state index in [-0.39, 0.29) is 11.0 Å². The maximum absolute atomic E-state index is 10.3. The standard InChI is InChI=1S/C6H9NOS/c1-5(8)4-9-6(2)3-7/h6H,4H2,1-2H3. The van der Waals surface area contributed by atoms with E-state index in [1.54, 1.807) is 6.92 Å². The van der Waals surface area contributed by atoms with Crippen molar-refractivity contribution in [2.75, 3.05) is 5.75 Å². The minimum Gasteiger partial charge on any atom is -0.299 e. The SMILES string of the molecule is CC(=O)CSC(C)C#N. The van der Waals surface area contributed by atoms with E-state index in [0.29, 0.717) is 5.75 Å². The Morgan fingerprint density at radius 1 is 1.89 bits per heavy atom. The molecule has 0 amide bonds. The molecule has 1 unspecified atom stereocenters. The summed E-state index contributed by atoms with van der Waals surface area (Å²) < 4.78 is 0. The summed E-state index contributed by atoms with van der Waals surface area (Å²) in [6.45, 7) is 3.31. The number of Topliss-reactive ketones (excluding diaryl/α,β-unsaturated/α-hetero) is 1. The number of ketones is 1. The fraction of sp³-hybridized carbons (Fsp3) is 0.667. The van der Waals surface area contributed by atoms with Crippen molar-refractivity contribution in [3.8, 4) is 6.07 Å². The number of hydrogen-bond acceptors (Lipinski definition) is 3. The van der Waals surface area contributed by atoms with Gasteiger partial charge in [-0.15, -0.1) is 11.8 Å².